The molecule has 0 aliphatic rings. The number of aromatic nitrogens is 4. The monoisotopic (exact) mass is 413 g/mol. The Morgan fingerprint density at radius 2 is 1.97 bits per heavy atom. The van der Waals surface area contributed by atoms with E-state index in [1.165, 1.54) is 4.57 Å². The lowest BCUT2D eigenvalue weighted by molar-refractivity contribution is -0.144. The van der Waals surface area contributed by atoms with Crippen molar-refractivity contribution in [1.29, 1.82) is 0 Å². The number of imidazole rings is 1. The van der Waals surface area contributed by atoms with Gasteiger partial charge in [-0.1, -0.05) is 37.6 Å². The van der Waals surface area contributed by atoms with Gasteiger partial charge in [-0.3, -0.25) is 9.36 Å². The van der Waals surface area contributed by atoms with Crippen molar-refractivity contribution in [1.82, 2.24) is 19.5 Å². The minimum absolute atomic E-state index is 0.153. The molecule has 1 unspecified atom stereocenters. The van der Waals surface area contributed by atoms with E-state index >= 15 is 0 Å². The summed E-state index contributed by atoms with van der Waals surface area (Å²) in [4.78, 5) is 35.6. The Bertz CT molecular complexity index is 1070. The Morgan fingerprint density at radius 3 is 2.63 bits per heavy atom. The van der Waals surface area contributed by atoms with Crippen LogP contribution < -0.4 is 16.2 Å². The van der Waals surface area contributed by atoms with Crippen molar-refractivity contribution in [2.24, 2.45) is 0 Å². The number of fused-ring (bicyclic) bond motifs is 1. The van der Waals surface area contributed by atoms with Gasteiger partial charge >= 0.3 is 17.7 Å². The van der Waals surface area contributed by atoms with E-state index in [0.717, 1.165) is 24.0 Å². The van der Waals surface area contributed by atoms with Crippen molar-refractivity contribution < 1.29 is 14.3 Å². The van der Waals surface area contributed by atoms with Gasteiger partial charge in [-0.25, -0.2) is 4.79 Å². The first-order valence-corrected chi connectivity index (χ1v) is 10.1. The molecule has 0 bridgehead atoms. The van der Waals surface area contributed by atoms with Gasteiger partial charge in [-0.05, 0) is 31.4 Å². The van der Waals surface area contributed by atoms with E-state index in [9.17, 15) is 9.59 Å². The molecule has 0 radical (unpaired) electrons. The topological polar surface area (TPSA) is 125 Å². The minimum Gasteiger partial charge on any atom is -0.466 e. The van der Waals surface area contributed by atoms with Crippen molar-refractivity contribution >= 4 is 23.0 Å². The van der Waals surface area contributed by atoms with Crippen LogP contribution in [0, 0.1) is 0 Å². The first kappa shape index (κ1) is 21.4. The van der Waals surface area contributed by atoms with Gasteiger partial charge < -0.3 is 20.2 Å². The zero-order valence-electron chi connectivity index (χ0n) is 17.5. The summed E-state index contributed by atoms with van der Waals surface area (Å²) in [6.07, 6.45) is 1.86. The second kappa shape index (κ2) is 9.43. The molecule has 9 heteroatoms. The minimum atomic E-state index is -0.356. The summed E-state index contributed by atoms with van der Waals surface area (Å²) < 4.78 is 12.1. The first-order valence-electron chi connectivity index (χ1n) is 10.1. The van der Waals surface area contributed by atoms with Crippen molar-refractivity contribution in [3.05, 3.63) is 45.9 Å². The summed E-state index contributed by atoms with van der Waals surface area (Å²) >= 11 is 0. The lowest BCUT2D eigenvalue weighted by Gasteiger charge is -2.11. The fraction of sp³-hybridized carbons (Fsp3) is 0.429. The number of nitrogens with zero attached hydrogens (tertiary/aromatic N) is 3. The molecular formula is C21H27N5O4. The normalized spacial score (nSPS) is 12.1. The van der Waals surface area contributed by atoms with Crippen LogP contribution in [0.2, 0.25) is 0 Å². The van der Waals surface area contributed by atoms with E-state index in [1.807, 2.05) is 24.3 Å². The first-order chi connectivity index (χ1) is 14.4. The number of nitrogens with one attached hydrogen (secondary N) is 1. The zero-order chi connectivity index (χ0) is 21.7. The van der Waals surface area contributed by atoms with Gasteiger partial charge in [-0.15, -0.1) is 0 Å². The van der Waals surface area contributed by atoms with Gasteiger partial charge in [0.25, 0.3) is 0 Å². The number of nitrogens with two attached hydrogens (primary N) is 1. The van der Waals surface area contributed by atoms with E-state index in [0.29, 0.717) is 24.4 Å². The predicted octanol–water partition coefficient (Wildman–Crippen LogP) is 2.60. The van der Waals surface area contributed by atoms with Gasteiger partial charge in [0.05, 0.1) is 25.7 Å². The van der Waals surface area contributed by atoms with Gasteiger partial charge in [0.15, 0.2) is 11.5 Å². The predicted molar refractivity (Wildman–Crippen MR) is 114 cm³/mol. The van der Waals surface area contributed by atoms with Gasteiger partial charge in [0.1, 0.15) is 5.52 Å². The van der Waals surface area contributed by atoms with Crippen molar-refractivity contribution in [2.45, 2.75) is 46.1 Å². The lowest BCUT2D eigenvalue weighted by Crippen LogP contribution is -2.18. The summed E-state index contributed by atoms with van der Waals surface area (Å²) in [5.41, 5.74) is 8.16. The van der Waals surface area contributed by atoms with E-state index in [-0.39, 0.29) is 36.0 Å². The molecule has 2 heterocycles. The third-order valence-electron chi connectivity index (χ3n) is 4.82. The summed E-state index contributed by atoms with van der Waals surface area (Å²) in [6.45, 7) is 6.76. The largest absolute Gasteiger partial charge is 0.466 e. The van der Waals surface area contributed by atoms with E-state index in [2.05, 4.69) is 21.9 Å². The molecular weight excluding hydrogens is 386 g/mol. The second-order valence-electron chi connectivity index (χ2n) is 7.02. The van der Waals surface area contributed by atoms with E-state index < -0.39 is 0 Å². The Balaban J connectivity index is 1.85. The molecule has 0 aliphatic heterocycles. The Labute approximate surface area is 174 Å². The number of hydrogen-bond acceptors (Lipinski definition) is 7. The van der Waals surface area contributed by atoms with Crippen LogP contribution in [0.1, 0.15) is 50.7 Å². The van der Waals surface area contributed by atoms with Crippen LogP contribution in [0.4, 0.5) is 5.82 Å². The number of ether oxygens (including phenoxy) is 2. The Hall–Kier alpha value is -3.36. The number of carbonyl (C=O) groups excluding carboxylic acids is 1. The summed E-state index contributed by atoms with van der Waals surface area (Å²) in [5.74, 6) is -0.452. The molecule has 3 N–H and O–H groups in total. The molecule has 2 aromatic heterocycles. The van der Waals surface area contributed by atoms with Crippen LogP contribution in [0.15, 0.2) is 29.1 Å². The van der Waals surface area contributed by atoms with Crippen LogP contribution in [0.3, 0.4) is 0 Å². The van der Waals surface area contributed by atoms with Crippen molar-refractivity contribution in [2.75, 3.05) is 18.9 Å². The number of H-pyrrole nitrogens is 1. The Morgan fingerprint density at radius 1 is 1.23 bits per heavy atom. The third-order valence-corrected chi connectivity index (χ3v) is 4.82. The molecule has 1 atom stereocenters. The van der Waals surface area contributed by atoms with Crippen molar-refractivity contribution in [3.8, 4) is 6.01 Å². The quantitative estimate of drug-likeness (QED) is 0.408. The maximum atomic E-state index is 12.5. The van der Waals surface area contributed by atoms with Gasteiger partial charge in [0, 0.05) is 0 Å². The average molecular weight is 413 g/mol. The highest BCUT2D eigenvalue weighted by Crippen LogP contribution is 2.20. The molecule has 0 spiro atoms. The SMILES string of the molecule is CCCCOc1nc(N)c2[nH]c(=O)n(Cc3ccc(C(C)C(=O)OCC)cc3)c2n1. The molecule has 0 saturated heterocycles. The van der Waals surface area contributed by atoms with Crippen molar-refractivity contribution in [3.63, 3.8) is 0 Å². The molecule has 0 fully saturated rings. The number of unbranched alkanes of at least 4 members (excludes halogenated alkanes) is 1. The molecule has 0 amide bonds. The molecule has 0 aliphatic carbocycles. The number of nitrogen functional groups attached to an aromatic ring is 1. The fourth-order valence-corrected chi connectivity index (χ4v) is 3.05. The van der Waals surface area contributed by atoms with Crippen LogP contribution in [0.5, 0.6) is 6.01 Å². The number of esters is 1. The summed E-state index contributed by atoms with van der Waals surface area (Å²) in [6, 6.07) is 7.62. The van der Waals surface area contributed by atoms with Gasteiger partial charge in [0.2, 0.25) is 0 Å². The smallest absolute Gasteiger partial charge is 0.328 e. The summed E-state index contributed by atoms with van der Waals surface area (Å²) in [7, 11) is 0. The fourth-order valence-electron chi connectivity index (χ4n) is 3.05. The molecule has 30 heavy (non-hydrogen) atoms. The van der Waals surface area contributed by atoms with Crippen LogP contribution >= 0.6 is 0 Å². The number of carbonyl (C=O) groups is 1. The average Bonchev–Trinajstić information content (AvgIpc) is 3.04. The second-order valence-corrected chi connectivity index (χ2v) is 7.02. The maximum absolute atomic E-state index is 12.5. The number of anilines is 1. The zero-order valence-corrected chi connectivity index (χ0v) is 17.5. The molecule has 3 aromatic rings. The van der Waals surface area contributed by atoms with Gasteiger partial charge in [-0.2, -0.15) is 9.97 Å². The van der Waals surface area contributed by atoms with E-state index in [4.69, 9.17) is 15.2 Å². The summed E-state index contributed by atoms with van der Waals surface area (Å²) in [5, 5.41) is 0. The molecule has 160 valence electrons. The highest BCUT2D eigenvalue weighted by Gasteiger charge is 2.17. The number of aromatic amines is 1. The third kappa shape index (κ3) is 4.61. The molecule has 9 nitrogen and oxygen atoms in total. The highest BCUT2D eigenvalue weighted by atomic mass is 16.5. The Kier molecular flexibility index (Phi) is 6.71. The van der Waals surface area contributed by atoms with Crippen LogP contribution in [0.25, 0.3) is 11.2 Å². The molecule has 0 saturated carbocycles. The standard InChI is InChI=1S/C21H27N5O4/c1-4-6-11-30-20-24-17(22)16-18(25-20)26(21(28)23-16)12-14-7-9-15(10-8-14)13(3)19(27)29-5-2/h7-10,13H,4-6,11-12H2,1-3H3,(H,23,28)(H2,22,24,25). The lowest BCUT2D eigenvalue weighted by atomic mass is 10.00. The maximum Gasteiger partial charge on any atom is 0.328 e. The molecule has 3 rings (SSSR count). The number of hydrogen-bond donors (Lipinski definition) is 2. The number of rotatable bonds is 9. The highest BCUT2D eigenvalue weighted by molar-refractivity contribution is 5.82. The van der Waals surface area contributed by atoms with Crippen LogP contribution in [-0.2, 0) is 16.1 Å². The molecule has 1 aromatic carbocycles. The van der Waals surface area contributed by atoms with Crippen LogP contribution in [-0.4, -0.2) is 38.7 Å². The van der Waals surface area contributed by atoms with E-state index in [1.54, 1.807) is 13.8 Å². The number of benzene rings is 1.